The molecule has 0 saturated carbocycles. The van der Waals surface area contributed by atoms with E-state index < -0.39 is 0 Å². The Balaban J connectivity index is 1.59. The second-order valence-corrected chi connectivity index (χ2v) is 6.78. The topological polar surface area (TPSA) is 63.1 Å². The highest BCUT2D eigenvalue weighted by Crippen LogP contribution is 2.23. The Bertz CT molecular complexity index is 942. The summed E-state index contributed by atoms with van der Waals surface area (Å²) in [5.41, 5.74) is 2.62. The number of rotatable bonds is 4. The van der Waals surface area contributed by atoms with Crippen molar-refractivity contribution in [1.82, 2.24) is 19.9 Å². The fourth-order valence-electron chi connectivity index (χ4n) is 3.65. The summed E-state index contributed by atoms with van der Waals surface area (Å²) in [7, 11) is 1.98. The van der Waals surface area contributed by atoms with Crippen LogP contribution in [0.1, 0.15) is 42.0 Å². The van der Waals surface area contributed by atoms with Gasteiger partial charge >= 0.3 is 0 Å². The largest absolute Gasteiger partial charge is 0.356 e. The molecule has 6 nitrogen and oxygen atoms in total. The summed E-state index contributed by atoms with van der Waals surface area (Å²) in [6.45, 7) is 3.88. The monoisotopic (exact) mass is 349 g/mol. The third kappa shape index (κ3) is 2.92. The number of para-hydroxylation sites is 2. The van der Waals surface area contributed by atoms with Crippen LogP contribution in [0.15, 0.2) is 42.6 Å². The Kier molecular flexibility index (Phi) is 4.32. The molecule has 0 unspecified atom stereocenters. The van der Waals surface area contributed by atoms with E-state index in [1.165, 1.54) is 0 Å². The Hall–Kier alpha value is -2.89. The second-order valence-electron chi connectivity index (χ2n) is 6.78. The van der Waals surface area contributed by atoms with E-state index >= 15 is 0 Å². The minimum Gasteiger partial charge on any atom is -0.356 e. The van der Waals surface area contributed by atoms with Gasteiger partial charge in [0.05, 0.1) is 22.6 Å². The molecular formula is C20H23N5O. The number of hydrogen-bond donors (Lipinski definition) is 1. The molecule has 1 N–H and O–H groups in total. The molecule has 1 amide bonds. The predicted octanol–water partition coefficient (Wildman–Crippen LogP) is 3.06. The van der Waals surface area contributed by atoms with Gasteiger partial charge in [0.15, 0.2) is 0 Å². The van der Waals surface area contributed by atoms with Crippen LogP contribution in [-0.2, 0) is 7.05 Å². The molecule has 1 aliphatic rings. The second kappa shape index (κ2) is 6.78. The smallest absolute Gasteiger partial charge is 0.255 e. The van der Waals surface area contributed by atoms with Gasteiger partial charge in [-0.2, -0.15) is 0 Å². The Labute approximate surface area is 152 Å². The number of benzene rings is 1. The fraction of sp³-hybridized carbons (Fsp3) is 0.350. The molecule has 134 valence electrons. The molecule has 1 aliphatic heterocycles. The predicted molar refractivity (Wildman–Crippen MR) is 102 cm³/mol. The number of aromatic nitrogens is 3. The van der Waals surface area contributed by atoms with Gasteiger partial charge in [0.1, 0.15) is 11.6 Å². The van der Waals surface area contributed by atoms with Crippen molar-refractivity contribution >= 4 is 22.8 Å². The number of carbonyl (C=O) groups is 1. The quantitative estimate of drug-likeness (QED) is 0.786. The number of imidazole rings is 1. The first-order valence-corrected chi connectivity index (χ1v) is 9.07. The average Bonchev–Trinajstić information content (AvgIpc) is 3.30. The third-order valence-electron chi connectivity index (χ3n) is 4.99. The van der Waals surface area contributed by atoms with Crippen LogP contribution in [-0.4, -0.2) is 33.5 Å². The van der Waals surface area contributed by atoms with Crippen molar-refractivity contribution < 1.29 is 4.79 Å². The van der Waals surface area contributed by atoms with Gasteiger partial charge in [-0.1, -0.05) is 12.1 Å². The first kappa shape index (κ1) is 16.6. The fourth-order valence-corrected chi connectivity index (χ4v) is 3.65. The molecule has 0 aliphatic carbocycles. The first-order chi connectivity index (χ1) is 12.6. The van der Waals surface area contributed by atoms with Gasteiger partial charge in [-0.05, 0) is 44.0 Å². The maximum Gasteiger partial charge on any atom is 0.255 e. The van der Waals surface area contributed by atoms with Crippen LogP contribution in [0.4, 0.5) is 5.82 Å². The highest BCUT2D eigenvalue weighted by atomic mass is 16.1. The lowest BCUT2D eigenvalue weighted by Gasteiger charge is -2.20. The number of fused-ring (bicyclic) bond motifs is 1. The normalized spacial score (nSPS) is 15.4. The minimum absolute atomic E-state index is 0.112. The van der Waals surface area contributed by atoms with E-state index in [-0.39, 0.29) is 11.9 Å². The van der Waals surface area contributed by atoms with Crippen molar-refractivity contribution in [1.29, 1.82) is 0 Å². The molecule has 0 spiro atoms. The first-order valence-electron chi connectivity index (χ1n) is 9.07. The lowest BCUT2D eigenvalue weighted by atomic mass is 10.2. The van der Waals surface area contributed by atoms with Gasteiger partial charge < -0.3 is 14.8 Å². The molecule has 1 atom stereocenters. The zero-order valence-corrected chi connectivity index (χ0v) is 15.1. The molecule has 0 bridgehead atoms. The van der Waals surface area contributed by atoms with E-state index in [0.29, 0.717) is 5.56 Å². The van der Waals surface area contributed by atoms with Crippen molar-refractivity contribution in [3.63, 3.8) is 0 Å². The molecule has 3 aromatic rings. The highest BCUT2D eigenvalue weighted by Gasteiger charge is 2.23. The zero-order chi connectivity index (χ0) is 18.1. The van der Waals surface area contributed by atoms with Crippen LogP contribution in [0.5, 0.6) is 0 Å². The van der Waals surface area contributed by atoms with Crippen molar-refractivity contribution in [3.8, 4) is 0 Å². The van der Waals surface area contributed by atoms with Gasteiger partial charge in [0, 0.05) is 26.3 Å². The van der Waals surface area contributed by atoms with Gasteiger partial charge in [0.25, 0.3) is 5.91 Å². The highest BCUT2D eigenvalue weighted by molar-refractivity contribution is 5.99. The van der Waals surface area contributed by atoms with E-state index in [1.54, 1.807) is 6.20 Å². The van der Waals surface area contributed by atoms with E-state index in [2.05, 4.69) is 20.2 Å². The van der Waals surface area contributed by atoms with Crippen molar-refractivity contribution in [2.45, 2.75) is 25.8 Å². The van der Waals surface area contributed by atoms with Gasteiger partial charge in [-0.3, -0.25) is 4.79 Å². The van der Waals surface area contributed by atoms with Crippen molar-refractivity contribution in [2.24, 2.45) is 7.05 Å². The van der Waals surface area contributed by atoms with E-state index in [9.17, 15) is 4.79 Å². The Morgan fingerprint density at radius 3 is 2.69 bits per heavy atom. The SMILES string of the molecule is C[C@@H](NC(=O)c1cccnc1N1CCCC1)c1nc2ccccc2n1C. The van der Waals surface area contributed by atoms with Crippen LogP contribution in [0.2, 0.25) is 0 Å². The maximum atomic E-state index is 12.9. The summed E-state index contributed by atoms with van der Waals surface area (Å²) in [6, 6.07) is 11.4. The van der Waals surface area contributed by atoms with Gasteiger partial charge in [-0.25, -0.2) is 9.97 Å². The molecule has 26 heavy (non-hydrogen) atoms. The van der Waals surface area contributed by atoms with Gasteiger partial charge in [0.2, 0.25) is 0 Å². The van der Waals surface area contributed by atoms with Crippen LogP contribution in [0, 0.1) is 0 Å². The summed E-state index contributed by atoms with van der Waals surface area (Å²) >= 11 is 0. The summed E-state index contributed by atoms with van der Waals surface area (Å²) in [5.74, 6) is 1.51. The molecular weight excluding hydrogens is 326 g/mol. The number of amides is 1. The third-order valence-corrected chi connectivity index (χ3v) is 4.99. The molecule has 3 heterocycles. The molecule has 6 heteroatoms. The Morgan fingerprint density at radius 2 is 1.92 bits per heavy atom. The molecule has 1 aromatic carbocycles. The van der Waals surface area contributed by atoms with Crippen LogP contribution in [0.25, 0.3) is 11.0 Å². The maximum absolute atomic E-state index is 12.9. The number of hydrogen-bond acceptors (Lipinski definition) is 4. The summed E-state index contributed by atoms with van der Waals surface area (Å²) in [6.07, 6.45) is 4.04. The van der Waals surface area contributed by atoms with Crippen LogP contribution < -0.4 is 10.2 Å². The van der Waals surface area contributed by atoms with Crippen molar-refractivity contribution in [3.05, 3.63) is 54.0 Å². The van der Waals surface area contributed by atoms with Crippen molar-refractivity contribution in [2.75, 3.05) is 18.0 Å². The standard InChI is InChI=1S/C20H23N5O/c1-14(18-23-16-9-3-4-10-17(16)24(18)2)22-20(26)15-8-7-11-21-19(15)25-12-5-6-13-25/h3-4,7-11,14H,5-6,12-13H2,1-2H3,(H,22,26)/t14-/m1/s1. The molecule has 0 radical (unpaired) electrons. The number of nitrogens with one attached hydrogen (secondary N) is 1. The summed E-state index contributed by atoms with van der Waals surface area (Å²) in [5, 5.41) is 3.09. The van der Waals surface area contributed by atoms with Crippen LogP contribution in [0.3, 0.4) is 0 Å². The van der Waals surface area contributed by atoms with E-state index in [0.717, 1.165) is 48.6 Å². The molecule has 4 rings (SSSR count). The Morgan fingerprint density at radius 1 is 1.15 bits per heavy atom. The number of nitrogens with zero attached hydrogens (tertiary/aromatic N) is 4. The number of aryl methyl sites for hydroxylation is 1. The molecule has 2 aromatic heterocycles. The lowest BCUT2D eigenvalue weighted by Crippen LogP contribution is -2.31. The van der Waals surface area contributed by atoms with Gasteiger partial charge in [-0.15, -0.1) is 0 Å². The number of carbonyl (C=O) groups excluding carboxylic acids is 1. The number of anilines is 1. The lowest BCUT2D eigenvalue weighted by molar-refractivity contribution is 0.0938. The number of pyridine rings is 1. The molecule has 1 fully saturated rings. The summed E-state index contributed by atoms with van der Waals surface area (Å²) < 4.78 is 2.03. The van der Waals surface area contributed by atoms with E-state index in [1.807, 2.05) is 54.9 Å². The zero-order valence-electron chi connectivity index (χ0n) is 15.1. The minimum atomic E-state index is -0.202. The summed E-state index contributed by atoms with van der Waals surface area (Å²) in [4.78, 5) is 24.2. The average molecular weight is 349 g/mol. The van der Waals surface area contributed by atoms with Crippen LogP contribution >= 0.6 is 0 Å². The molecule has 1 saturated heterocycles. The van der Waals surface area contributed by atoms with E-state index in [4.69, 9.17) is 0 Å².